The summed E-state index contributed by atoms with van der Waals surface area (Å²) in [4.78, 5) is 29.5. The van der Waals surface area contributed by atoms with Gasteiger partial charge in [-0.05, 0) is 69.2 Å². The standard InChI is InChI=1S/C32H31N5O5/c1-21-13-14-25(41-29-16-15-28-34-27(19-37(28)36-29)35-31(39)42-32(2,3)4)18-26(21)33-30(38)23-11-8-12-24(17-23)40-20-22-9-6-5-7-10-22/h5-19H,20H2,1-4H3,(H,33,38)(H,35,39). The first-order valence-corrected chi connectivity index (χ1v) is 13.3. The number of imidazole rings is 1. The van der Waals surface area contributed by atoms with Crippen molar-refractivity contribution in [3.05, 3.63) is 108 Å². The van der Waals surface area contributed by atoms with Crippen molar-refractivity contribution in [2.24, 2.45) is 0 Å². The van der Waals surface area contributed by atoms with Gasteiger partial charge in [-0.2, -0.15) is 0 Å². The lowest BCUT2D eigenvalue weighted by molar-refractivity contribution is 0.0635. The van der Waals surface area contributed by atoms with Gasteiger partial charge in [-0.25, -0.2) is 14.3 Å². The summed E-state index contributed by atoms with van der Waals surface area (Å²) in [6, 6.07) is 25.6. The van der Waals surface area contributed by atoms with E-state index in [4.69, 9.17) is 14.2 Å². The molecule has 0 aliphatic heterocycles. The average molecular weight is 566 g/mol. The minimum Gasteiger partial charge on any atom is -0.489 e. The molecule has 0 aliphatic rings. The number of nitrogens with zero attached hydrogens (tertiary/aromatic N) is 3. The van der Waals surface area contributed by atoms with Gasteiger partial charge >= 0.3 is 6.09 Å². The zero-order valence-corrected chi connectivity index (χ0v) is 23.8. The normalized spacial score (nSPS) is 11.1. The Balaban J connectivity index is 1.25. The van der Waals surface area contributed by atoms with Crippen molar-refractivity contribution in [3.63, 3.8) is 0 Å². The largest absolute Gasteiger partial charge is 0.489 e. The molecule has 0 aliphatic carbocycles. The van der Waals surface area contributed by atoms with E-state index in [1.165, 1.54) is 4.52 Å². The fourth-order valence-electron chi connectivity index (χ4n) is 3.97. The van der Waals surface area contributed by atoms with Crippen LogP contribution in [0.5, 0.6) is 17.4 Å². The van der Waals surface area contributed by atoms with Gasteiger partial charge in [0.05, 0.1) is 6.20 Å². The lowest BCUT2D eigenvalue weighted by Gasteiger charge is -2.18. The first kappa shape index (κ1) is 28.2. The van der Waals surface area contributed by atoms with Crippen molar-refractivity contribution in [2.45, 2.75) is 39.9 Å². The third kappa shape index (κ3) is 7.42. The average Bonchev–Trinajstić information content (AvgIpc) is 3.34. The molecule has 0 saturated heterocycles. The number of aryl methyl sites for hydroxylation is 1. The quantitative estimate of drug-likeness (QED) is 0.208. The maximum absolute atomic E-state index is 13.1. The van der Waals surface area contributed by atoms with Crippen LogP contribution in [0.2, 0.25) is 0 Å². The maximum atomic E-state index is 13.1. The molecule has 5 aromatic rings. The Morgan fingerprint density at radius 2 is 1.69 bits per heavy atom. The smallest absolute Gasteiger partial charge is 0.413 e. The number of anilines is 2. The minimum absolute atomic E-state index is 0.275. The molecule has 2 N–H and O–H groups in total. The zero-order chi connectivity index (χ0) is 29.7. The van der Waals surface area contributed by atoms with Gasteiger partial charge in [-0.1, -0.05) is 42.5 Å². The van der Waals surface area contributed by atoms with Crippen molar-refractivity contribution >= 4 is 29.2 Å². The van der Waals surface area contributed by atoms with Crippen LogP contribution in [0, 0.1) is 6.92 Å². The van der Waals surface area contributed by atoms with E-state index in [0.717, 1.165) is 11.1 Å². The predicted molar refractivity (Wildman–Crippen MR) is 159 cm³/mol. The van der Waals surface area contributed by atoms with E-state index in [-0.39, 0.29) is 5.91 Å². The Morgan fingerprint density at radius 3 is 2.48 bits per heavy atom. The van der Waals surface area contributed by atoms with Gasteiger partial charge < -0.3 is 19.5 Å². The topological polar surface area (TPSA) is 116 Å². The first-order chi connectivity index (χ1) is 20.1. The van der Waals surface area contributed by atoms with Gasteiger partial charge in [0, 0.05) is 23.4 Å². The molecule has 214 valence electrons. The molecule has 0 radical (unpaired) electrons. The number of ether oxygens (including phenoxy) is 3. The van der Waals surface area contributed by atoms with Crippen LogP contribution in [0.15, 0.2) is 91.1 Å². The molecule has 0 saturated carbocycles. The highest BCUT2D eigenvalue weighted by Crippen LogP contribution is 2.27. The molecule has 42 heavy (non-hydrogen) atoms. The molecule has 0 fully saturated rings. The Morgan fingerprint density at radius 1 is 0.881 bits per heavy atom. The number of carbonyl (C=O) groups excluding carboxylic acids is 2. The third-order valence-electron chi connectivity index (χ3n) is 5.95. The second kappa shape index (κ2) is 12.0. The van der Waals surface area contributed by atoms with Crippen LogP contribution in [-0.4, -0.2) is 32.2 Å². The molecule has 0 atom stereocenters. The van der Waals surface area contributed by atoms with Crippen molar-refractivity contribution < 1.29 is 23.8 Å². The fourth-order valence-corrected chi connectivity index (χ4v) is 3.97. The Labute approximate surface area is 243 Å². The fraction of sp³-hybridized carbons (Fsp3) is 0.188. The predicted octanol–water partition coefficient (Wildman–Crippen LogP) is 7.01. The molecular formula is C32H31N5O5. The summed E-state index contributed by atoms with van der Waals surface area (Å²) in [5.74, 6) is 1.40. The van der Waals surface area contributed by atoms with Crippen molar-refractivity contribution in [3.8, 4) is 17.4 Å². The summed E-state index contributed by atoms with van der Waals surface area (Å²) in [7, 11) is 0. The molecule has 10 heteroatoms. The third-order valence-corrected chi connectivity index (χ3v) is 5.95. The van der Waals surface area contributed by atoms with E-state index in [2.05, 4.69) is 20.7 Å². The summed E-state index contributed by atoms with van der Waals surface area (Å²) in [6.45, 7) is 7.65. The molecule has 2 amide bonds. The van der Waals surface area contributed by atoms with E-state index in [1.807, 2.05) is 49.4 Å². The molecule has 0 bridgehead atoms. The minimum atomic E-state index is -0.629. The Bertz CT molecular complexity index is 1730. The van der Waals surface area contributed by atoms with Crippen LogP contribution in [0.25, 0.3) is 5.65 Å². The highest BCUT2D eigenvalue weighted by Gasteiger charge is 2.17. The van der Waals surface area contributed by atoms with E-state index in [0.29, 0.717) is 46.7 Å². The van der Waals surface area contributed by atoms with Crippen LogP contribution < -0.4 is 20.1 Å². The number of aromatic nitrogens is 3. The number of benzene rings is 3. The molecule has 0 spiro atoms. The molecule has 10 nitrogen and oxygen atoms in total. The van der Waals surface area contributed by atoms with Crippen molar-refractivity contribution in [1.29, 1.82) is 0 Å². The first-order valence-electron chi connectivity index (χ1n) is 13.3. The van der Waals surface area contributed by atoms with Crippen LogP contribution in [-0.2, 0) is 11.3 Å². The lowest BCUT2D eigenvalue weighted by atomic mass is 10.1. The van der Waals surface area contributed by atoms with E-state index >= 15 is 0 Å². The number of carbonyl (C=O) groups is 2. The number of hydrogen-bond acceptors (Lipinski definition) is 7. The summed E-state index contributed by atoms with van der Waals surface area (Å²) >= 11 is 0. The lowest BCUT2D eigenvalue weighted by Crippen LogP contribution is -2.27. The van der Waals surface area contributed by atoms with Gasteiger partial charge in [0.25, 0.3) is 5.91 Å². The van der Waals surface area contributed by atoms with E-state index in [1.54, 1.807) is 69.4 Å². The number of nitrogens with one attached hydrogen (secondary N) is 2. The van der Waals surface area contributed by atoms with Crippen molar-refractivity contribution in [1.82, 2.24) is 14.6 Å². The van der Waals surface area contributed by atoms with Crippen LogP contribution in [0.3, 0.4) is 0 Å². The summed E-state index contributed by atoms with van der Waals surface area (Å²) in [6.07, 6.45) is 0.952. The summed E-state index contributed by atoms with van der Waals surface area (Å²) in [5, 5.41) is 9.98. The number of fused-ring (bicyclic) bond motifs is 1. The van der Waals surface area contributed by atoms with Crippen molar-refractivity contribution in [2.75, 3.05) is 10.6 Å². The SMILES string of the molecule is Cc1ccc(Oc2ccc3nc(NC(=O)OC(C)(C)C)cn3n2)cc1NC(=O)c1cccc(OCc2ccccc2)c1. The Hall–Kier alpha value is -5.38. The van der Waals surface area contributed by atoms with Gasteiger partial charge in [-0.15, -0.1) is 5.10 Å². The van der Waals surface area contributed by atoms with Gasteiger partial charge in [0.1, 0.15) is 23.7 Å². The van der Waals surface area contributed by atoms with Crippen LogP contribution >= 0.6 is 0 Å². The second-order valence-electron chi connectivity index (χ2n) is 10.6. The molecule has 2 heterocycles. The molecular weight excluding hydrogens is 534 g/mol. The van der Waals surface area contributed by atoms with E-state index < -0.39 is 11.7 Å². The molecule has 0 unspecified atom stereocenters. The number of rotatable bonds is 8. The van der Waals surface area contributed by atoms with Gasteiger partial charge in [0.2, 0.25) is 5.88 Å². The highest BCUT2D eigenvalue weighted by atomic mass is 16.6. The summed E-state index contributed by atoms with van der Waals surface area (Å²) < 4.78 is 18.6. The monoisotopic (exact) mass is 565 g/mol. The zero-order valence-electron chi connectivity index (χ0n) is 23.8. The summed E-state index contributed by atoms with van der Waals surface area (Å²) in [5.41, 5.74) is 2.85. The van der Waals surface area contributed by atoms with Gasteiger partial charge in [0.15, 0.2) is 11.5 Å². The molecule has 3 aromatic carbocycles. The second-order valence-corrected chi connectivity index (χ2v) is 10.6. The van der Waals surface area contributed by atoms with Gasteiger partial charge in [-0.3, -0.25) is 10.1 Å². The Kier molecular flexibility index (Phi) is 8.05. The van der Waals surface area contributed by atoms with E-state index in [9.17, 15) is 9.59 Å². The van der Waals surface area contributed by atoms with Crippen LogP contribution in [0.1, 0.15) is 42.3 Å². The highest BCUT2D eigenvalue weighted by molar-refractivity contribution is 6.05. The molecule has 5 rings (SSSR count). The molecule has 2 aromatic heterocycles. The van der Waals surface area contributed by atoms with Crippen LogP contribution in [0.4, 0.5) is 16.3 Å². The number of hydrogen-bond donors (Lipinski definition) is 2. The number of amides is 2. The maximum Gasteiger partial charge on any atom is 0.413 e.